The summed E-state index contributed by atoms with van der Waals surface area (Å²) in [6.07, 6.45) is 0. The molecule has 0 saturated carbocycles. The smallest absolute Gasteiger partial charge is 0.182 e. The third kappa shape index (κ3) is 2.39. The van der Waals surface area contributed by atoms with E-state index >= 15 is 0 Å². The van der Waals surface area contributed by atoms with Crippen LogP contribution in [-0.2, 0) is 9.84 Å². The van der Waals surface area contributed by atoms with Gasteiger partial charge >= 0.3 is 0 Å². The second kappa shape index (κ2) is 4.57. The lowest BCUT2D eigenvalue weighted by Gasteiger charge is -2.30. The van der Waals surface area contributed by atoms with Crippen LogP contribution in [0.3, 0.4) is 0 Å². The van der Waals surface area contributed by atoms with Gasteiger partial charge in [-0.3, -0.25) is 0 Å². The molecule has 0 aliphatic carbocycles. The largest absolute Gasteiger partial charge is 0.380 e. The van der Waals surface area contributed by atoms with Gasteiger partial charge in [-0.2, -0.15) is 0 Å². The third-order valence-corrected chi connectivity index (χ3v) is 5.36. The Hall–Kier alpha value is -1.03. The molecule has 1 aliphatic heterocycles. The van der Waals surface area contributed by atoms with Crippen molar-refractivity contribution in [1.82, 2.24) is 0 Å². The Bertz CT molecular complexity index is 547. The summed E-state index contributed by atoms with van der Waals surface area (Å²) in [5.74, 6) is 0.838. The van der Waals surface area contributed by atoms with Gasteiger partial charge in [0.25, 0.3) is 0 Å². The Morgan fingerprint density at radius 2 is 1.89 bits per heavy atom. The van der Waals surface area contributed by atoms with Crippen molar-refractivity contribution in [3.63, 3.8) is 0 Å². The van der Waals surface area contributed by atoms with E-state index in [1.165, 1.54) is 0 Å². The number of nitrogens with one attached hydrogen (secondary N) is 1. The molecule has 3 nitrogen and oxygen atoms in total. The van der Waals surface area contributed by atoms with Crippen LogP contribution in [0.15, 0.2) is 23.1 Å². The molecule has 1 N–H and O–H groups in total. The molecule has 0 saturated heterocycles. The quantitative estimate of drug-likeness (QED) is 0.896. The molecule has 0 aromatic heterocycles. The SMILES string of the molecule is CC(C)c1ccc2c(c1)S(=O)(=O)CC(C(C)C)N2. The first kappa shape index (κ1) is 13.4. The highest BCUT2D eigenvalue weighted by Gasteiger charge is 2.31. The fourth-order valence-corrected chi connectivity index (χ4v) is 4.10. The first-order chi connectivity index (χ1) is 8.31. The topological polar surface area (TPSA) is 46.2 Å². The molecule has 0 bridgehead atoms. The maximum absolute atomic E-state index is 12.3. The molecule has 0 radical (unpaired) electrons. The van der Waals surface area contributed by atoms with Crippen molar-refractivity contribution in [1.29, 1.82) is 0 Å². The predicted octanol–water partition coefficient (Wildman–Crippen LogP) is 3.03. The zero-order valence-electron chi connectivity index (χ0n) is 11.4. The van der Waals surface area contributed by atoms with Crippen molar-refractivity contribution in [2.24, 2.45) is 5.92 Å². The van der Waals surface area contributed by atoms with Crippen molar-refractivity contribution in [3.05, 3.63) is 23.8 Å². The third-order valence-electron chi connectivity index (χ3n) is 3.55. The average Bonchev–Trinajstić information content (AvgIpc) is 2.27. The lowest BCUT2D eigenvalue weighted by molar-refractivity contribution is 0.531. The van der Waals surface area contributed by atoms with E-state index in [1.54, 1.807) is 0 Å². The van der Waals surface area contributed by atoms with E-state index < -0.39 is 9.84 Å². The van der Waals surface area contributed by atoms with E-state index in [4.69, 9.17) is 0 Å². The van der Waals surface area contributed by atoms with Gasteiger partial charge in [0, 0.05) is 6.04 Å². The fraction of sp³-hybridized carbons (Fsp3) is 0.571. The zero-order valence-corrected chi connectivity index (χ0v) is 12.2. The first-order valence-corrected chi connectivity index (χ1v) is 8.09. The molecule has 4 heteroatoms. The van der Waals surface area contributed by atoms with Crippen LogP contribution in [0.4, 0.5) is 5.69 Å². The van der Waals surface area contributed by atoms with Crippen LogP contribution in [-0.4, -0.2) is 20.2 Å². The van der Waals surface area contributed by atoms with Gasteiger partial charge in [-0.15, -0.1) is 0 Å². The van der Waals surface area contributed by atoms with Gasteiger partial charge in [-0.05, 0) is 29.5 Å². The van der Waals surface area contributed by atoms with Crippen LogP contribution in [0.1, 0.15) is 39.2 Å². The zero-order chi connectivity index (χ0) is 13.5. The van der Waals surface area contributed by atoms with Crippen molar-refractivity contribution < 1.29 is 8.42 Å². The minimum absolute atomic E-state index is 0.00685. The van der Waals surface area contributed by atoms with Gasteiger partial charge in [-0.1, -0.05) is 33.8 Å². The molecule has 0 spiro atoms. The van der Waals surface area contributed by atoms with Gasteiger partial charge in [0.15, 0.2) is 9.84 Å². The van der Waals surface area contributed by atoms with Crippen molar-refractivity contribution in [3.8, 4) is 0 Å². The van der Waals surface area contributed by atoms with Crippen LogP contribution in [0.25, 0.3) is 0 Å². The molecular formula is C14H21NO2S. The number of hydrogen-bond acceptors (Lipinski definition) is 3. The predicted molar refractivity (Wildman–Crippen MR) is 74.8 cm³/mol. The number of fused-ring (bicyclic) bond motifs is 1. The molecule has 1 heterocycles. The lowest BCUT2D eigenvalue weighted by atomic mass is 10.0. The maximum Gasteiger partial charge on any atom is 0.182 e. The highest BCUT2D eigenvalue weighted by Crippen LogP contribution is 2.32. The Labute approximate surface area is 110 Å². The molecular weight excluding hydrogens is 246 g/mol. The molecule has 100 valence electrons. The highest BCUT2D eigenvalue weighted by molar-refractivity contribution is 7.91. The molecule has 1 atom stereocenters. The summed E-state index contributed by atoms with van der Waals surface area (Å²) >= 11 is 0. The summed E-state index contributed by atoms with van der Waals surface area (Å²) in [6, 6.07) is 5.73. The van der Waals surface area contributed by atoms with Crippen molar-refractivity contribution in [2.75, 3.05) is 11.1 Å². The Balaban J connectivity index is 2.49. The van der Waals surface area contributed by atoms with Crippen LogP contribution in [0, 0.1) is 5.92 Å². The molecule has 1 unspecified atom stereocenters. The molecule has 1 aromatic rings. The molecule has 1 aliphatic rings. The molecule has 18 heavy (non-hydrogen) atoms. The number of anilines is 1. The molecule has 0 fully saturated rings. The number of sulfone groups is 1. The van der Waals surface area contributed by atoms with E-state index in [0.29, 0.717) is 16.7 Å². The monoisotopic (exact) mass is 267 g/mol. The minimum Gasteiger partial charge on any atom is -0.380 e. The summed E-state index contributed by atoms with van der Waals surface area (Å²) in [5, 5.41) is 3.34. The summed E-state index contributed by atoms with van der Waals surface area (Å²) in [4.78, 5) is 0.464. The Morgan fingerprint density at radius 3 is 2.44 bits per heavy atom. The molecule has 1 aromatic carbocycles. The number of rotatable bonds is 2. The number of benzene rings is 1. The summed E-state index contributed by atoms with van der Waals surface area (Å²) < 4.78 is 24.6. The molecule has 0 amide bonds. The second-order valence-corrected chi connectivity index (χ2v) is 7.69. The number of hydrogen-bond donors (Lipinski definition) is 1. The van der Waals surface area contributed by atoms with Gasteiger partial charge in [0.2, 0.25) is 0 Å². The van der Waals surface area contributed by atoms with Crippen LogP contribution in [0.2, 0.25) is 0 Å². The average molecular weight is 267 g/mol. The van der Waals surface area contributed by atoms with E-state index in [-0.39, 0.29) is 11.8 Å². The lowest BCUT2D eigenvalue weighted by Crippen LogP contribution is -2.38. The summed E-state index contributed by atoms with van der Waals surface area (Å²) in [5.41, 5.74) is 1.83. The summed E-state index contributed by atoms with van der Waals surface area (Å²) in [6.45, 7) is 8.23. The van der Waals surface area contributed by atoms with Crippen molar-refractivity contribution >= 4 is 15.5 Å². The standard InChI is InChI=1S/C14H21NO2S/c1-9(2)11-5-6-12-14(7-11)18(16,17)8-13(15-12)10(3)4/h5-7,9-10,13,15H,8H2,1-4H3. The Morgan fingerprint density at radius 1 is 1.22 bits per heavy atom. The normalized spacial score (nSPS) is 21.8. The highest BCUT2D eigenvalue weighted by atomic mass is 32.2. The van der Waals surface area contributed by atoms with E-state index in [0.717, 1.165) is 11.3 Å². The molecule has 2 rings (SSSR count). The minimum atomic E-state index is -3.15. The van der Waals surface area contributed by atoms with Gasteiger partial charge < -0.3 is 5.32 Å². The van der Waals surface area contributed by atoms with Gasteiger partial charge in [-0.25, -0.2) is 8.42 Å². The second-order valence-electron chi connectivity index (χ2n) is 5.69. The van der Waals surface area contributed by atoms with E-state index in [1.807, 2.05) is 32.0 Å². The van der Waals surface area contributed by atoms with Crippen LogP contribution >= 0.6 is 0 Å². The van der Waals surface area contributed by atoms with Gasteiger partial charge in [0.1, 0.15) is 0 Å². The van der Waals surface area contributed by atoms with E-state index in [9.17, 15) is 8.42 Å². The first-order valence-electron chi connectivity index (χ1n) is 6.44. The van der Waals surface area contributed by atoms with Crippen LogP contribution < -0.4 is 5.32 Å². The fourth-order valence-electron chi connectivity index (χ4n) is 2.20. The van der Waals surface area contributed by atoms with E-state index in [2.05, 4.69) is 19.2 Å². The Kier molecular flexibility index (Phi) is 3.41. The van der Waals surface area contributed by atoms with Crippen LogP contribution in [0.5, 0.6) is 0 Å². The van der Waals surface area contributed by atoms with Gasteiger partial charge in [0.05, 0.1) is 16.3 Å². The van der Waals surface area contributed by atoms with Crippen molar-refractivity contribution in [2.45, 2.75) is 44.6 Å². The summed E-state index contributed by atoms with van der Waals surface area (Å²) in [7, 11) is -3.15. The maximum atomic E-state index is 12.3.